The van der Waals surface area contributed by atoms with Gasteiger partial charge in [-0.15, -0.1) is 11.3 Å². The van der Waals surface area contributed by atoms with Gasteiger partial charge in [-0.3, -0.25) is 14.2 Å². The summed E-state index contributed by atoms with van der Waals surface area (Å²) in [7, 11) is 1.68. The van der Waals surface area contributed by atoms with Crippen LogP contribution in [-0.2, 0) is 11.8 Å². The van der Waals surface area contributed by atoms with Gasteiger partial charge in [-0.25, -0.2) is 4.98 Å². The van der Waals surface area contributed by atoms with E-state index in [0.717, 1.165) is 0 Å². The SMILES string of the molecule is Cn1c(SCC(=O)NC(C)(C)C)nc2sccc2c1=O. The predicted octanol–water partition coefficient (Wildman–Crippen LogP) is 2.00. The Balaban J connectivity index is 2.16. The maximum Gasteiger partial charge on any atom is 0.262 e. The number of nitrogens with zero attached hydrogens (tertiary/aromatic N) is 2. The molecule has 2 aromatic heterocycles. The van der Waals surface area contributed by atoms with E-state index in [1.807, 2.05) is 26.2 Å². The molecule has 2 aromatic rings. The zero-order chi connectivity index (χ0) is 14.9. The fraction of sp³-hybridized carbons (Fsp3) is 0.462. The Hall–Kier alpha value is -1.34. The summed E-state index contributed by atoms with van der Waals surface area (Å²) >= 11 is 2.71. The Kier molecular flexibility index (Phi) is 4.19. The molecule has 0 aliphatic carbocycles. The van der Waals surface area contributed by atoms with Gasteiger partial charge in [0.15, 0.2) is 5.16 Å². The molecule has 0 saturated carbocycles. The van der Waals surface area contributed by atoms with E-state index in [1.54, 1.807) is 13.1 Å². The highest BCUT2D eigenvalue weighted by atomic mass is 32.2. The van der Waals surface area contributed by atoms with Gasteiger partial charge in [0.25, 0.3) is 5.56 Å². The Bertz CT molecular complexity index is 698. The number of carbonyl (C=O) groups is 1. The van der Waals surface area contributed by atoms with Crippen molar-refractivity contribution in [1.82, 2.24) is 14.9 Å². The van der Waals surface area contributed by atoms with Crippen LogP contribution in [0.4, 0.5) is 0 Å². The van der Waals surface area contributed by atoms with Crippen LogP contribution >= 0.6 is 23.1 Å². The van der Waals surface area contributed by atoms with Crippen LogP contribution < -0.4 is 10.9 Å². The minimum atomic E-state index is -0.255. The maximum absolute atomic E-state index is 12.1. The second-order valence-corrected chi connectivity index (χ2v) is 7.32. The van der Waals surface area contributed by atoms with E-state index in [2.05, 4.69) is 10.3 Å². The number of fused-ring (bicyclic) bond motifs is 1. The van der Waals surface area contributed by atoms with Crippen LogP contribution in [0, 0.1) is 0 Å². The summed E-state index contributed by atoms with van der Waals surface area (Å²) in [5.74, 6) is 0.178. The van der Waals surface area contributed by atoms with Crippen LogP contribution in [0.1, 0.15) is 20.8 Å². The zero-order valence-electron chi connectivity index (χ0n) is 11.9. The maximum atomic E-state index is 12.1. The second kappa shape index (κ2) is 5.57. The highest BCUT2D eigenvalue weighted by Crippen LogP contribution is 2.20. The topological polar surface area (TPSA) is 64.0 Å². The molecule has 1 amide bonds. The van der Waals surface area contributed by atoms with Gasteiger partial charge < -0.3 is 5.32 Å². The molecule has 7 heteroatoms. The molecule has 20 heavy (non-hydrogen) atoms. The summed E-state index contributed by atoms with van der Waals surface area (Å²) in [6, 6.07) is 1.77. The fourth-order valence-corrected chi connectivity index (χ4v) is 3.27. The molecule has 0 radical (unpaired) electrons. The number of hydrogen-bond donors (Lipinski definition) is 1. The lowest BCUT2D eigenvalue weighted by molar-refractivity contribution is -0.119. The van der Waals surface area contributed by atoms with Crippen molar-refractivity contribution in [3.63, 3.8) is 0 Å². The molecule has 0 saturated heterocycles. The Morgan fingerprint density at radius 1 is 1.50 bits per heavy atom. The number of aromatic nitrogens is 2. The van der Waals surface area contributed by atoms with Gasteiger partial charge in [0.2, 0.25) is 5.91 Å². The molecule has 2 heterocycles. The van der Waals surface area contributed by atoms with Crippen LogP contribution in [0.2, 0.25) is 0 Å². The molecule has 0 aliphatic rings. The van der Waals surface area contributed by atoms with Crippen molar-refractivity contribution < 1.29 is 4.79 Å². The summed E-state index contributed by atoms with van der Waals surface area (Å²) in [4.78, 5) is 29.0. The molecule has 0 aromatic carbocycles. The Labute approximate surface area is 125 Å². The van der Waals surface area contributed by atoms with Crippen molar-refractivity contribution in [2.24, 2.45) is 7.05 Å². The highest BCUT2D eigenvalue weighted by molar-refractivity contribution is 7.99. The number of thioether (sulfide) groups is 1. The lowest BCUT2D eigenvalue weighted by atomic mass is 10.1. The molecule has 0 fully saturated rings. The number of nitrogens with one attached hydrogen (secondary N) is 1. The molecule has 5 nitrogen and oxygen atoms in total. The average Bonchev–Trinajstić information content (AvgIpc) is 2.78. The van der Waals surface area contributed by atoms with Crippen molar-refractivity contribution in [1.29, 1.82) is 0 Å². The van der Waals surface area contributed by atoms with Crippen molar-refractivity contribution in [3.8, 4) is 0 Å². The Morgan fingerprint density at radius 3 is 2.85 bits per heavy atom. The predicted molar refractivity (Wildman–Crippen MR) is 83.5 cm³/mol. The summed E-state index contributed by atoms with van der Waals surface area (Å²) in [6.45, 7) is 5.80. The van der Waals surface area contributed by atoms with E-state index < -0.39 is 0 Å². The van der Waals surface area contributed by atoms with Crippen LogP contribution in [0.15, 0.2) is 21.4 Å². The third-order valence-corrected chi connectivity index (χ3v) is 4.35. The molecule has 0 bridgehead atoms. The smallest absolute Gasteiger partial charge is 0.262 e. The first-order valence-electron chi connectivity index (χ1n) is 6.16. The molecule has 108 valence electrons. The van der Waals surface area contributed by atoms with E-state index in [9.17, 15) is 9.59 Å². The molecular formula is C13H17N3O2S2. The van der Waals surface area contributed by atoms with Crippen molar-refractivity contribution in [2.45, 2.75) is 31.5 Å². The first-order valence-corrected chi connectivity index (χ1v) is 8.02. The molecular weight excluding hydrogens is 294 g/mol. The highest BCUT2D eigenvalue weighted by Gasteiger charge is 2.15. The van der Waals surface area contributed by atoms with Crippen LogP contribution in [0.5, 0.6) is 0 Å². The van der Waals surface area contributed by atoms with Gasteiger partial charge in [-0.05, 0) is 32.2 Å². The van der Waals surface area contributed by atoms with Crippen molar-refractivity contribution in [2.75, 3.05) is 5.75 Å². The third kappa shape index (κ3) is 3.40. The molecule has 0 aliphatic heterocycles. The monoisotopic (exact) mass is 311 g/mol. The van der Waals surface area contributed by atoms with Crippen molar-refractivity contribution >= 4 is 39.2 Å². The minimum Gasteiger partial charge on any atom is -0.351 e. The number of thiophene rings is 1. The second-order valence-electron chi connectivity index (χ2n) is 5.48. The minimum absolute atomic E-state index is 0.0666. The van der Waals surface area contributed by atoms with Gasteiger partial charge in [0.1, 0.15) is 4.83 Å². The average molecular weight is 311 g/mol. The van der Waals surface area contributed by atoms with E-state index >= 15 is 0 Å². The summed E-state index contributed by atoms with van der Waals surface area (Å²) in [5, 5.41) is 5.92. The number of hydrogen-bond acceptors (Lipinski definition) is 5. The van der Waals surface area contributed by atoms with E-state index in [1.165, 1.54) is 27.7 Å². The van der Waals surface area contributed by atoms with E-state index in [4.69, 9.17) is 0 Å². The largest absolute Gasteiger partial charge is 0.351 e. The first kappa shape index (κ1) is 15.1. The summed E-state index contributed by atoms with van der Waals surface area (Å²) in [6.07, 6.45) is 0. The van der Waals surface area contributed by atoms with Gasteiger partial charge in [0, 0.05) is 12.6 Å². The zero-order valence-corrected chi connectivity index (χ0v) is 13.5. The Morgan fingerprint density at radius 2 is 2.20 bits per heavy atom. The summed E-state index contributed by atoms with van der Waals surface area (Å²) < 4.78 is 1.49. The third-order valence-electron chi connectivity index (χ3n) is 2.51. The molecule has 0 spiro atoms. The number of amides is 1. The van der Waals surface area contributed by atoms with Crippen LogP contribution in [-0.4, -0.2) is 26.8 Å². The van der Waals surface area contributed by atoms with Crippen molar-refractivity contribution in [3.05, 3.63) is 21.8 Å². The fourth-order valence-electron chi connectivity index (χ4n) is 1.69. The van der Waals surface area contributed by atoms with Gasteiger partial charge in [-0.1, -0.05) is 11.8 Å². The van der Waals surface area contributed by atoms with Gasteiger partial charge in [-0.2, -0.15) is 0 Å². The molecule has 2 rings (SSSR count). The molecule has 0 atom stereocenters. The van der Waals surface area contributed by atoms with Gasteiger partial charge >= 0.3 is 0 Å². The first-order chi connectivity index (χ1) is 9.28. The number of carbonyl (C=O) groups excluding carboxylic acids is 1. The summed E-state index contributed by atoms with van der Waals surface area (Å²) in [5.41, 5.74) is -0.329. The van der Waals surface area contributed by atoms with E-state index in [-0.39, 0.29) is 22.8 Å². The lowest BCUT2D eigenvalue weighted by Gasteiger charge is -2.20. The van der Waals surface area contributed by atoms with Crippen LogP contribution in [0.25, 0.3) is 10.2 Å². The normalized spacial score (nSPS) is 11.8. The lowest BCUT2D eigenvalue weighted by Crippen LogP contribution is -2.41. The van der Waals surface area contributed by atoms with E-state index in [0.29, 0.717) is 15.4 Å². The van der Waals surface area contributed by atoms with Crippen LogP contribution in [0.3, 0.4) is 0 Å². The molecule has 0 unspecified atom stereocenters. The standard InChI is InChI=1S/C13H17N3O2S2/c1-13(2,3)15-9(17)7-20-12-14-10-8(5-6-19-10)11(18)16(12)4/h5-6H,7H2,1-4H3,(H,15,17). The number of rotatable bonds is 3. The van der Waals surface area contributed by atoms with Gasteiger partial charge in [0.05, 0.1) is 11.1 Å². The quantitative estimate of drug-likeness (QED) is 0.695. The molecule has 1 N–H and O–H groups in total.